The number of nitrogens with zero attached hydrogens (tertiary/aromatic N) is 3. The third kappa shape index (κ3) is 2.75. The first-order valence-corrected chi connectivity index (χ1v) is 6.84. The van der Waals surface area contributed by atoms with Gasteiger partial charge in [-0.2, -0.15) is 0 Å². The van der Waals surface area contributed by atoms with E-state index in [0.717, 1.165) is 43.4 Å². The molecule has 1 unspecified atom stereocenters. The molecule has 1 atom stereocenters. The Morgan fingerprint density at radius 2 is 1.94 bits per heavy atom. The predicted octanol–water partition coefficient (Wildman–Crippen LogP) is 1.89. The number of pyridine rings is 1. The minimum absolute atomic E-state index is 0.676. The van der Waals surface area contributed by atoms with Gasteiger partial charge in [0, 0.05) is 37.9 Å². The van der Waals surface area contributed by atoms with Crippen LogP contribution in [0.4, 0.5) is 11.5 Å². The van der Waals surface area contributed by atoms with Crippen LogP contribution in [-0.4, -0.2) is 42.1 Å². The number of nitrogen functional groups attached to an aromatic ring is 1. The van der Waals surface area contributed by atoms with Gasteiger partial charge in [-0.1, -0.05) is 6.92 Å². The SMILES string of the molecule is CCC(C)N1CCN(c2nc(C)ccc2N)CC1. The van der Waals surface area contributed by atoms with Gasteiger partial charge in [0.2, 0.25) is 0 Å². The molecule has 1 aromatic heterocycles. The van der Waals surface area contributed by atoms with Crippen molar-refractivity contribution in [2.45, 2.75) is 33.2 Å². The molecule has 4 nitrogen and oxygen atoms in total. The Balaban J connectivity index is 2.03. The number of hydrogen-bond donors (Lipinski definition) is 1. The Kier molecular flexibility index (Phi) is 4.07. The molecule has 18 heavy (non-hydrogen) atoms. The molecule has 0 spiro atoms. The van der Waals surface area contributed by atoms with Crippen molar-refractivity contribution in [1.29, 1.82) is 0 Å². The van der Waals surface area contributed by atoms with Crippen molar-refractivity contribution in [2.24, 2.45) is 0 Å². The number of rotatable bonds is 3. The van der Waals surface area contributed by atoms with Gasteiger partial charge in [0.05, 0.1) is 5.69 Å². The lowest BCUT2D eigenvalue weighted by atomic mass is 10.2. The molecule has 2 N–H and O–H groups in total. The second-order valence-corrected chi connectivity index (χ2v) is 5.15. The smallest absolute Gasteiger partial charge is 0.152 e. The lowest BCUT2D eigenvalue weighted by molar-refractivity contribution is 0.192. The van der Waals surface area contributed by atoms with Gasteiger partial charge >= 0.3 is 0 Å². The Morgan fingerprint density at radius 1 is 1.28 bits per heavy atom. The molecule has 0 amide bonds. The van der Waals surface area contributed by atoms with Crippen molar-refractivity contribution < 1.29 is 0 Å². The number of piperazine rings is 1. The van der Waals surface area contributed by atoms with Crippen molar-refractivity contribution in [3.63, 3.8) is 0 Å². The molecule has 1 aliphatic rings. The highest BCUT2D eigenvalue weighted by Gasteiger charge is 2.22. The monoisotopic (exact) mass is 248 g/mol. The summed E-state index contributed by atoms with van der Waals surface area (Å²) in [5.41, 5.74) is 7.84. The highest BCUT2D eigenvalue weighted by atomic mass is 15.3. The molecule has 100 valence electrons. The summed E-state index contributed by atoms with van der Waals surface area (Å²) >= 11 is 0. The topological polar surface area (TPSA) is 45.4 Å². The number of hydrogen-bond acceptors (Lipinski definition) is 4. The van der Waals surface area contributed by atoms with E-state index in [9.17, 15) is 0 Å². The van der Waals surface area contributed by atoms with Crippen LogP contribution in [0.2, 0.25) is 0 Å². The molecule has 2 heterocycles. The molecule has 0 bridgehead atoms. The Bertz CT molecular complexity index is 397. The Morgan fingerprint density at radius 3 is 2.56 bits per heavy atom. The lowest BCUT2D eigenvalue weighted by Crippen LogP contribution is -2.49. The van der Waals surface area contributed by atoms with Crippen molar-refractivity contribution in [2.75, 3.05) is 36.8 Å². The maximum absolute atomic E-state index is 6.02. The fourth-order valence-electron chi connectivity index (χ4n) is 2.44. The predicted molar refractivity (Wildman–Crippen MR) is 76.9 cm³/mol. The molecule has 0 aromatic carbocycles. The van der Waals surface area contributed by atoms with E-state index in [-0.39, 0.29) is 0 Å². The highest BCUT2D eigenvalue weighted by Crippen LogP contribution is 2.22. The first kappa shape index (κ1) is 13.1. The van der Waals surface area contributed by atoms with E-state index in [1.54, 1.807) is 0 Å². The molecule has 1 saturated heterocycles. The fourth-order valence-corrected chi connectivity index (χ4v) is 2.44. The van der Waals surface area contributed by atoms with E-state index < -0.39 is 0 Å². The number of aromatic nitrogens is 1. The van der Waals surface area contributed by atoms with Crippen LogP contribution in [0.15, 0.2) is 12.1 Å². The van der Waals surface area contributed by atoms with E-state index in [4.69, 9.17) is 5.73 Å². The van der Waals surface area contributed by atoms with Gasteiger partial charge in [0.25, 0.3) is 0 Å². The second kappa shape index (κ2) is 5.57. The second-order valence-electron chi connectivity index (χ2n) is 5.15. The molecular formula is C14H24N4. The Labute approximate surface area is 110 Å². The standard InChI is InChI=1S/C14H24N4/c1-4-12(3)17-7-9-18(10-8-17)14-13(15)6-5-11(2)16-14/h5-6,12H,4,7-10,15H2,1-3H3. The van der Waals surface area contributed by atoms with E-state index in [0.29, 0.717) is 6.04 Å². The van der Waals surface area contributed by atoms with Crippen LogP contribution < -0.4 is 10.6 Å². The van der Waals surface area contributed by atoms with Crippen molar-refractivity contribution in [1.82, 2.24) is 9.88 Å². The molecule has 2 rings (SSSR count). The quantitative estimate of drug-likeness (QED) is 0.887. The highest BCUT2D eigenvalue weighted by molar-refractivity contribution is 5.63. The average molecular weight is 248 g/mol. The zero-order chi connectivity index (χ0) is 13.1. The zero-order valence-electron chi connectivity index (χ0n) is 11.7. The van der Waals surface area contributed by atoms with Crippen LogP contribution in [0.25, 0.3) is 0 Å². The summed E-state index contributed by atoms with van der Waals surface area (Å²) < 4.78 is 0. The summed E-state index contributed by atoms with van der Waals surface area (Å²) in [5.74, 6) is 0.957. The molecule has 4 heteroatoms. The van der Waals surface area contributed by atoms with Crippen LogP contribution in [0.1, 0.15) is 26.0 Å². The van der Waals surface area contributed by atoms with Gasteiger partial charge in [-0.25, -0.2) is 4.98 Å². The van der Waals surface area contributed by atoms with Crippen molar-refractivity contribution >= 4 is 11.5 Å². The summed E-state index contributed by atoms with van der Waals surface area (Å²) in [6, 6.07) is 4.60. The van der Waals surface area contributed by atoms with Gasteiger partial charge in [0.15, 0.2) is 5.82 Å². The lowest BCUT2D eigenvalue weighted by Gasteiger charge is -2.38. The van der Waals surface area contributed by atoms with Gasteiger partial charge in [-0.05, 0) is 32.4 Å². The van der Waals surface area contributed by atoms with Crippen LogP contribution in [0, 0.1) is 6.92 Å². The van der Waals surface area contributed by atoms with Crippen LogP contribution in [-0.2, 0) is 0 Å². The minimum atomic E-state index is 0.676. The summed E-state index contributed by atoms with van der Waals surface area (Å²) in [5, 5.41) is 0. The molecule has 0 aliphatic carbocycles. The summed E-state index contributed by atoms with van der Waals surface area (Å²) in [4.78, 5) is 9.42. The normalized spacial score (nSPS) is 18.9. The third-order valence-corrected chi connectivity index (χ3v) is 3.87. The fraction of sp³-hybridized carbons (Fsp3) is 0.643. The first-order chi connectivity index (χ1) is 8.61. The molecule has 0 saturated carbocycles. The number of nitrogens with two attached hydrogens (primary N) is 1. The zero-order valence-corrected chi connectivity index (χ0v) is 11.7. The van der Waals surface area contributed by atoms with Crippen molar-refractivity contribution in [3.05, 3.63) is 17.8 Å². The van der Waals surface area contributed by atoms with E-state index in [1.807, 2.05) is 19.1 Å². The average Bonchev–Trinajstić information content (AvgIpc) is 2.41. The minimum Gasteiger partial charge on any atom is -0.396 e. The third-order valence-electron chi connectivity index (χ3n) is 3.87. The van der Waals surface area contributed by atoms with E-state index in [2.05, 4.69) is 28.6 Å². The van der Waals surface area contributed by atoms with E-state index >= 15 is 0 Å². The van der Waals surface area contributed by atoms with Crippen molar-refractivity contribution in [3.8, 4) is 0 Å². The summed E-state index contributed by atoms with van der Waals surface area (Å²) in [6.45, 7) is 10.8. The molecule has 1 aromatic rings. The van der Waals surface area contributed by atoms with E-state index in [1.165, 1.54) is 6.42 Å². The summed E-state index contributed by atoms with van der Waals surface area (Å²) in [7, 11) is 0. The van der Waals surface area contributed by atoms with Gasteiger partial charge < -0.3 is 10.6 Å². The van der Waals surface area contributed by atoms with Crippen LogP contribution in [0.3, 0.4) is 0 Å². The summed E-state index contributed by atoms with van der Waals surface area (Å²) in [6.07, 6.45) is 1.21. The molecule has 1 aliphatic heterocycles. The number of aryl methyl sites for hydroxylation is 1. The molecule has 1 fully saturated rings. The van der Waals surface area contributed by atoms with Gasteiger partial charge in [-0.15, -0.1) is 0 Å². The maximum atomic E-state index is 6.02. The molecule has 0 radical (unpaired) electrons. The van der Waals surface area contributed by atoms with Crippen LogP contribution in [0.5, 0.6) is 0 Å². The number of anilines is 2. The first-order valence-electron chi connectivity index (χ1n) is 6.84. The van der Waals surface area contributed by atoms with Gasteiger partial charge in [0.1, 0.15) is 0 Å². The Hall–Kier alpha value is -1.29. The maximum Gasteiger partial charge on any atom is 0.152 e. The largest absolute Gasteiger partial charge is 0.396 e. The molecular weight excluding hydrogens is 224 g/mol. The van der Waals surface area contributed by atoms with Gasteiger partial charge in [-0.3, -0.25) is 4.90 Å². The van der Waals surface area contributed by atoms with Crippen LogP contribution >= 0.6 is 0 Å².